The molecule has 0 bridgehead atoms. The number of fused-ring (bicyclic) bond motifs is 2. The number of hydrogen-bond donors (Lipinski definition) is 2. The Labute approximate surface area is 221 Å². The molecule has 6 rings (SSSR count). The maximum Gasteiger partial charge on any atom is 0.264 e. The molecule has 5 aromatic heterocycles. The summed E-state index contributed by atoms with van der Waals surface area (Å²) in [5, 5.41) is 9.81. The molecule has 188 valence electrons. The molecule has 0 spiro atoms. The fraction of sp³-hybridized carbons (Fsp3) is 0.107. The Hall–Kier alpha value is -4.83. The minimum absolute atomic E-state index is 0.0832. The van der Waals surface area contributed by atoms with Gasteiger partial charge in [0.2, 0.25) is 0 Å². The largest absolute Gasteiger partial charge is 0.381 e. The predicted molar refractivity (Wildman–Crippen MR) is 149 cm³/mol. The Bertz CT molecular complexity index is 1890. The van der Waals surface area contributed by atoms with Crippen LogP contribution < -0.4 is 16.6 Å². The summed E-state index contributed by atoms with van der Waals surface area (Å²) < 4.78 is 3.96. The van der Waals surface area contributed by atoms with E-state index in [9.17, 15) is 9.59 Å². The third kappa shape index (κ3) is 3.91. The number of carbonyl (C=O) groups is 1. The van der Waals surface area contributed by atoms with Gasteiger partial charge in [-0.3, -0.25) is 19.1 Å². The number of hydrogen-bond acceptors (Lipinski definition) is 7. The van der Waals surface area contributed by atoms with Crippen molar-refractivity contribution in [3.63, 3.8) is 0 Å². The Kier molecular flexibility index (Phi) is 5.73. The molecule has 1 atom stereocenters. The van der Waals surface area contributed by atoms with E-state index in [4.69, 9.17) is 5.73 Å². The van der Waals surface area contributed by atoms with Crippen LogP contribution in [0.3, 0.4) is 0 Å². The summed E-state index contributed by atoms with van der Waals surface area (Å²) in [6, 6.07) is 16.4. The third-order valence-electron chi connectivity index (χ3n) is 6.44. The molecule has 0 radical (unpaired) electrons. The molecule has 0 fully saturated rings. The number of nitrogens with two attached hydrogens (primary N) is 1. The van der Waals surface area contributed by atoms with Crippen molar-refractivity contribution in [3.8, 4) is 16.8 Å². The molecule has 0 saturated carbocycles. The lowest BCUT2D eigenvalue weighted by Gasteiger charge is -2.20. The van der Waals surface area contributed by atoms with Crippen LogP contribution in [0, 0.1) is 6.92 Å². The van der Waals surface area contributed by atoms with Crippen molar-refractivity contribution in [2.75, 3.05) is 5.73 Å². The quantitative estimate of drug-likeness (QED) is 0.344. The second-order valence-electron chi connectivity index (χ2n) is 8.96. The van der Waals surface area contributed by atoms with E-state index in [1.54, 1.807) is 29.2 Å². The highest BCUT2D eigenvalue weighted by molar-refractivity contribution is 7.17. The molecule has 6 aromatic rings. The van der Waals surface area contributed by atoms with E-state index in [1.807, 2.05) is 67.8 Å². The number of para-hydroxylation sites is 1. The van der Waals surface area contributed by atoms with Crippen molar-refractivity contribution in [2.45, 2.75) is 19.9 Å². The van der Waals surface area contributed by atoms with Crippen LogP contribution in [0.1, 0.15) is 34.7 Å². The lowest BCUT2D eigenvalue weighted by molar-refractivity contribution is 0.0941. The van der Waals surface area contributed by atoms with Crippen LogP contribution >= 0.6 is 11.3 Å². The van der Waals surface area contributed by atoms with Crippen LogP contribution in [-0.2, 0) is 0 Å². The molecule has 0 unspecified atom stereocenters. The number of nitrogen functional groups attached to an aromatic ring is 1. The molecular formula is C28H23N7O2S. The van der Waals surface area contributed by atoms with Crippen molar-refractivity contribution >= 4 is 38.8 Å². The maximum atomic E-state index is 14.1. The summed E-state index contributed by atoms with van der Waals surface area (Å²) in [6.45, 7) is 3.77. The number of aryl methyl sites for hydroxylation is 1. The minimum Gasteiger partial charge on any atom is -0.381 e. The smallest absolute Gasteiger partial charge is 0.264 e. The van der Waals surface area contributed by atoms with Gasteiger partial charge in [-0.25, -0.2) is 9.50 Å². The fourth-order valence-corrected chi connectivity index (χ4v) is 5.68. The first-order valence-electron chi connectivity index (χ1n) is 12.0. The van der Waals surface area contributed by atoms with Gasteiger partial charge in [0.25, 0.3) is 11.5 Å². The first-order valence-corrected chi connectivity index (χ1v) is 12.9. The first kappa shape index (κ1) is 23.6. The average molecular weight is 522 g/mol. The summed E-state index contributed by atoms with van der Waals surface area (Å²) in [6.07, 6.45) is 5.01. The third-order valence-corrected chi connectivity index (χ3v) is 7.37. The standard InChI is InChI=1S/C28H23N7O2S/c1-16-13-18(9-11-30-16)20-15-38-22-14-21(35(28(37)23(20)22)19-7-4-3-5-8-19)17(2)32-27(36)24-25(29)33-34-12-6-10-31-26(24)34/h3-15,17H,1-2H3,(H2,29,33)(H,32,36)/t17-/m0/s1. The number of nitrogens with one attached hydrogen (secondary N) is 1. The van der Waals surface area contributed by atoms with Gasteiger partial charge in [-0.1, -0.05) is 18.2 Å². The Balaban J connectivity index is 1.49. The molecule has 38 heavy (non-hydrogen) atoms. The normalized spacial score (nSPS) is 12.2. The molecule has 5 heterocycles. The molecule has 10 heteroatoms. The number of amides is 1. The summed E-state index contributed by atoms with van der Waals surface area (Å²) in [5.74, 6) is -0.338. The van der Waals surface area contributed by atoms with Crippen LogP contribution in [0.25, 0.3) is 32.5 Å². The number of aromatic nitrogens is 5. The van der Waals surface area contributed by atoms with Crippen molar-refractivity contribution < 1.29 is 4.79 Å². The highest BCUT2D eigenvalue weighted by Crippen LogP contribution is 2.34. The van der Waals surface area contributed by atoms with E-state index < -0.39 is 11.9 Å². The van der Waals surface area contributed by atoms with Crippen molar-refractivity contribution in [2.24, 2.45) is 0 Å². The average Bonchev–Trinajstić information content (AvgIpc) is 3.49. The number of benzene rings is 1. The lowest BCUT2D eigenvalue weighted by atomic mass is 10.0. The van der Waals surface area contributed by atoms with Gasteiger partial charge in [0, 0.05) is 51.3 Å². The minimum atomic E-state index is -0.536. The van der Waals surface area contributed by atoms with Crippen molar-refractivity contribution in [1.29, 1.82) is 0 Å². The zero-order valence-corrected chi connectivity index (χ0v) is 21.4. The lowest BCUT2D eigenvalue weighted by Crippen LogP contribution is -2.32. The molecule has 0 aliphatic rings. The first-order chi connectivity index (χ1) is 18.4. The van der Waals surface area contributed by atoms with Crippen LogP contribution in [0.5, 0.6) is 0 Å². The second kappa shape index (κ2) is 9.24. The Morgan fingerprint density at radius 3 is 2.68 bits per heavy atom. The van der Waals surface area contributed by atoms with Gasteiger partial charge in [-0.2, -0.15) is 0 Å². The highest BCUT2D eigenvalue weighted by Gasteiger charge is 2.24. The zero-order chi connectivity index (χ0) is 26.4. The summed E-state index contributed by atoms with van der Waals surface area (Å²) >= 11 is 1.50. The maximum absolute atomic E-state index is 14.1. The number of rotatable bonds is 5. The van der Waals surface area contributed by atoms with E-state index >= 15 is 0 Å². The van der Waals surface area contributed by atoms with Crippen LogP contribution in [0.15, 0.2) is 83.4 Å². The number of anilines is 1. The van der Waals surface area contributed by atoms with E-state index in [-0.39, 0.29) is 16.9 Å². The SMILES string of the molecule is Cc1cc(-c2csc3cc([C@H](C)NC(=O)c4c(N)nn5cccnc45)n(-c4ccccc4)c(=O)c23)ccn1. The summed E-state index contributed by atoms with van der Waals surface area (Å²) in [5.41, 5.74) is 10.5. The van der Waals surface area contributed by atoms with Crippen LogP contribution in [0.4, 0.5) is 5.82 Å². The zero-order valence-electron chi connectivity index (χ0n) is 20.6. The predicted octanol–water partition coefficient (Wildman–Crippen LogP) is 4.54. The Morgan fingerprint density at radius 2 is 1.89 bits per heavy atom. The number of carbonyl (C=O) groups excluding carboxylic acids is 1. The van der Waals surface area contributed by atoms with Crippen LogP contribution in [-0.4, -0.2) is 30.1 Å². The topological polar surface area (TPSA) is 120 Å². The van der Waals surface area contributed by atoms with E-state index in [0.717, 1.165) is 21.5 Å². The number of thiophene rings is 1. The molecule has 1 aromatic carbocycles. The molecule has 1 amide bonds. The van der Waals surface area contributed by atoms with Crippen molar-refractivity contribution in [1.82, 2.24) is 29.5 Å². The summed E-state index contributed by atoms with van der Waals surface area (Å²) in [4.78, 5) is 36.1. The summed E-state index contributed by atoms with van der Waals surface area (Å²) in [7, 11) is 0. The highest BCUT2D eigenvalue weighted by atomic mass is 32.1. The van der Waals surface area contributed by atoms with Gasteiger partial charge in [-0.05, 0) is 55.8 Å². The van der Waals surface area contributed by atoms with Gasteiger partial charge in [-0.15, -0.1) is 16.4 Å². The van der Waals surface area contributed by atoms with Gasteiger partial charge >= 0.3 is 0 Å². The number of pyridine rings is 2. The van der Waals surface area contributed by atoms with E-state index in [0.29, 0.717) is 22.4 Å². The van der Waals surface area contributed by atoms with Gasteiger partial charge in [0.05, 0.1) is 11.4 Å². The van der Waals surface area contributed by atoms with Gasteiger partial charge < -0.3 is 11.1 Å². The Morgan fingerprint density at radius 1 is 1.08 bits per heavy atom. The van der Waals surface area contributed by atoms with Gasteiger partial charge in [0.15, 0.2) is 11.5 Å². The second-order valence-corrected chi connectivity index (χ2v) is 9.87. The number of nitrogens with zero attached hydrogens (tertiary/aromatic N) is 5. The monoisotopic (exact) mass is 521 g/mol. The van der Waals surface area contributed by atoms with Gasteiger partial charge in [0.1, 0.15) is 5.56 Å². The molecule has 0 saturated heterocycles. The molecule has 9 nitrogen and oxygen atoms in total. The molecule has 3 N–H and O–H groups in total. The van der Waals surface area contributed by atoms with E-state index in [2.05, 4.69) is 20.4 Å². The van der Waals surface area contributed by atoms with E-state index in [1.165, 1.54) is 15.9 Å². The fourth-order valence-electron chi connectivity index (χ4n) is 4.68. The molecular weight excluding hydrogens is 498 g/mol. The molecule has 0 aliphatic heterocycles. The molecule has 0 aliphatic carbocycles. The van der Waals surface area contributed by atoms with Crippen LogP contribution in [0.2, 0.25) is 0 Å². The van der Waals surface area contributed by atoms with Crippen molar-refractivity contribution in [3.05, 3.63) is 106 Å².